The smallest absolute Gasteiger partial charge is 0.313 e. The summed E-state index contributed by atoms with van der Waals surface area (Å²) >= 11 is 0. The number of amides is 2. The number of nitrogens with one attached hydrogen (secondary N) is 3. The van der Waals surface area contributed by atoms with Gasteiger partial charge in [0.05, 0.1) is 29.7 Å². The number of rotatable bonds is 3. The molecule has 0 fully saturated rings. The highest BCUT2D eigenvalue weighted by molar-refractivity contribution is 6.40. The molecular formula is C19H17N5O3. The molecule has 2 heterocycles. The standard InChI is InChI=1S/C19H17N5O3/c25-15-9-11-5-1-2-6-12(11)16(15)23-19(27)18(26)22-14-10-21-24-17(14)13-7-3-4-8-20-13/h1-8,10,15-16,25H,9H2,(H,21,24)(H,22,26)(H,23,27)/t15-,16+/m1/s1. The SMILES string of the molecule is O=C(Nc1cn[nH]c1-c1ccccn1)C(=O)N[C@H]1c2ccccc2C[C@H]1O. The van der Waals surface area contributed by atoms with Crippen molar-refractivity contribution in [2.75, 3.05) is 5.32 Å². The van der Waals surface area contributed by atoms with Crippen LogP contribution in [0.4, 0.5) is 5.69 Å². The summed E-state index contributed by atoms with van der Waals surface area (Å²) in [5.41, 5.74) is 3.22. The van der Waals surface area contributed by atoms with E-state index in [4.69, 9.17) is 0 Å². The Morgan fingerprint density at radius 2 is 1.93 bits per heavy atom. The number of aliphatic hydroxyl groups is 1. The van der Waals surface area contributed by atoms with Crippen LogP contribution in [0.15, 0.2) is 54.9 Å². The summed E-state index contributed by atoms with van der Waals surface area (Å²) < 4.78 is 0. The molecule has 136 valence electrons. The van der Waals surface area contributed by atoms with E-state index in [0.717, 1.165) is 11.1 Å². The van der Waals surface area contributed by atoms with Crippen molar-refractivity contribution >= 4 is 17.5 Å². The number of carbonyl (C=O) groups is 2. The number of H-pyrrole nitrogens is 1. The van der Waals surface area contributed by atoms with E-state index < -0.39 is 24.0 Å². The van der Waals surface area contributed by atoms with Crippen LogP contribution in [0.5, 0.6) is 0 Å². The first-order valence-corrected chi connectivity index (χ1v) is 8.46. The zero-order valence-electron chi connectivity index (χ0n) is 14.2. The summed E-state index contributed by atoms with van der Waals surface area (Å²) in [6.45, 7) is 0. The Labute approximate surface area is 154 Å². The van der Waals surface area contributed by atoms with Crippen LogP contribution in [-0.2, 0) is 16.0 Å². The van der Waals surface area contributed by atoms with Crippen molar-refractivity contribution in [2.45, 2.75) is 18.6 Å². The Bertz CT molecular complexity index is 986. The number of aliphatic hydroxyl groups excluding tert-OH is 1. The van der Waals surface area contributed by atoms with Crippen LogP contribution in [0.3, 0.4) is 0 Å². The number of pyridine rings is 1. The van der Waals surface area contributed by atoms with Crippen LogP contribution >= 0.6 is 0 Å². The molecule has 2 atom stereocenters. The molecule has 2 aromatic heterocycles. The van der Waals surface area contributed by atoms with Crippen molar-refractivity contribution in [3.05, 3.63) is 66.0 Å². The molecule has 0 saturated heterocycles. The zero-order valence-corrected chi connectivity index (χ0v) is 14.2. The van der Waals surface area contributed by atoms with Crippen molar-refractivity contribution < 1.29 is 14.7 Å². The molecule has 2 amide bonds. The Kier molecular flexibility index (Phi) is 4.39. The quantitative estimate of drug-likeness (QED) is 0.521. The van der Waals surface area contributed by atoms with Gasteiger partial charge in [0.25, 0.3) is 0 Å². The summed E-state index contributed by atoms with van der Waals surface area (Å²) in [5.74, 6) is -1.67. The number of fused-ring (bicyclic) bond motifs is 1. The molecule has 4 rings (SSSR count). The Balaban J connectivity index is 1.47. The summed E-state index contributed by atoms with van der Waals surface area (Å²) in [5, 5.41) is 22.0. The number of anilines is 1. The number of benzene rings is 1. The largest absolute Gasteiger partial charge is 0.390 e. The van der Waals surface area contributed by atoms with Crippen LogP contribution in [0.2, 0.25) is 0 Å². The minimum atomic E-state index is -0.842. The van der Waals surface area contributed by atoms with Crippen molar-refractivity contribution in [3.8, 4) is 11.4 Å². The molecular weight excluding hydrogens is 346 g/mol. The summed E-state index contributed by atoms with van der Waals surface area (Å²) in [7, 11) is 0. The Morgan fingerprint density at radius 1 is 1.11 bits per heavy atom. The molecule has 27 heavy (non-hydrogen) atoms. The minimum absolute atomic E-state index is 0.348. The van der Waals surface area contributed by atoms with Gasteiger partial charge in [-0.05, 0) is 23.3 Å². The van der Waals surface area contributed by atoms with Crippen LogP contribution in [0, 0.1) is 0 Å². The van der Waals surface area contributed by atoms with E-state index in [1.54, 1.807) is 24.4 Å². The highest BCUT2D eigenvalue weighted by atomic mass is 16.3. The van der Waals surface area contributed by atoms with E-state index in [1.165, 1.54) is 6.20 Å². The van der Waals surface area contributed by atoms with Gasteiger partial charge in [-0.15, -0.1) is 0 Å². The predicted octanol–water partition coefficient (Wildman–Crippen LogP) is 1.18. The highest BCUT2D eigenvalue weighted by Gasteiger charge is 2.33. The van der Waals surface area contributed by atoms with Gasteiger partial charge in [-0.1, -0.05) is 30.3 Å². The highest BCUT2D eigenvalue weighted by Crippen LogP contribution is 2.31. The number of aromatic amines is 1. The average molecular weight is 363 g/mol. The van der Waals surface area contributed by atoms with Gasteiger partial charge >= 0.3 is 11.8 Å². The summed E-state index contributed by atoms with van der Waals surface area (Å²) in [6.07, 6.45) is 2.70. The molecule has 0 bridgehead atoms. The maximum absolute atomic E-state index is 12.3. The Morgan fingerprint density at radius 3 is 2.74 bits per heavy atom. The Hall–Kier alpha value is -3.52. The molecule has 0 radical (unpaired) electrons. The van der Waals surface area contributed by atoms with Crippen molar-refractivity contribution in [3.63, 3.8) is 0 Å². The van der Waals surface area contributed by atoms with Crippen LogP contribution in [0.25, 0.3) is 11.4 Å². The molecule has 1 aliphatic carbocycles. The van der Waals surface area contributed by atoms with Crippen molar-refractivity contribution in [1.82, 2.24) is 20.5 Å². The number of nitrogens with zero attached hydrogens (tertiary/aromatic N) is 2. The lowest BCUT2D eigenvalue weighted by Gasteiger charge is -2.17. The molecule has 0 spiro atoms. The molecule has 3 aromatic rings. The molecule has 0 aliphatic heterocycles. The normalized spacial score (nSPS) is 18.0. The third kappa shape index (κ3) is 3.30. The van der Waals surface area contributed by atoms with Gasteiger partial charge in [0.15, 0.2) is 0 Å². The lowest BCUT2D eigenvalue weighted by Crippen LogP contribution is -2.40. The number of carbonyl (C=O) groups excluding carboxylic acids is 2. The molecule has 1 aromatic carbocycles. The van der Waals surface area contributed by atoms with Crippen LogP contribution in [0.1, 0.15) is 17.2 Å². The van der Waals surface area contributed by atoms with E-state index in [1.807, 2.05) is 24.3 Å². The second kappa shape index (κ2) is 7.00. The number of hydrogen-bond donors (Lipinski definition) is 4. The predicted molar refractivity (Wildman–Crippen MR) is 97.5 cm³/mol. The zero-order chi connectivity index (χ0) is 18.8. The van der Waals surface area contributed by atoms with Gasteiger partial charge in [0.2, 0.25) is 0 Å². The molecule has 4 N–H and O–H groups in total. The maximum atomic E-state index is 12.3. The minimum Gasteiger partial charge on any atom is -0.390 e. The van der Waals surface area contributed by atoms with E-state index in [9.17, 15) is 14.7 Å². The average Bonchev–Trinajstić information content (AvgIpc) is 3.27. The van der Waals surface area contributed by atoms with E-state index >= 15 is 0 Å². The lowest BCUT2D eigenvalue weighted by atomic mass is 10.1. The molecule has 0 unspecified atom stereocenters. The van der Waals surface area contributed by atoms with E-state index in [0.29, 0.717) is 23.5 Å². The van der Waals surface area contributed by atoms with Gasteiger partial charge in [-0.25, -0.2) is 0 Å². The maximum Gasteiger partial charge on any atom is 0.313 e. The van der Waals surface area contributed by atoms with Gasteiger partial charge in [-0.2, -0.15) is 5.10 Å². The van der Waals surface area contributed by atoms with Gasteiger partial charge in [0.1, 0.15) is 5.69 Å². The fourth-order valence-electron chi connectivity index (χ4n) is 3.22. The molecule has 1 aliphatic rings. The molecule has 0 saturated carbocycles. The van der Waals surface area contributed by atoms with Gasteiger partial charge in [0, 0.05) is 12.6 Å². The van der Waals surface area contributed by atoms with Crippen LogP contribution < -0.4 is 10.6 Å². The van der Waals surface area contributed by atoms with Crippen LogP contribution in [-0.4, -0.2) is 38.2 Å². The third-order valence-corrected chi connectivity index (χ3v) is 4.51. The van der Waals surface area contributed by atoms with Crippen molar-refractivity contribution in [2.24, 2.45) is 0 Å². The van der Waals surface area contributed by atoms with E-state index in [2.05, 4.69) is 25.8 Å². The fraction of sp³-hybridized carbons (Fsp3) is 0.158. The van der Waals surface area contributed by atoms with Crippen molar-refractivity contribution in [1.29, 1.82) is 0 Å². The first-order valence-electron chi connectivity index (χ1n) is 8.46. The first-order chi connectivity index (χ1) is 13.1. The second-order valence-electron chi connectivity index (χ2n) is 6.25. The lowest BCUT2D eigenvalue weighted by molar-refractivity contribution is -0.137. The monoisotopic (exact) mass is 363 g/mol. The fourth-order valence-corrected chi connectivity index (χ4v) is 3.22. The van der Waals surface area contributed by atoms with Gasteiger partial charge < -0.3 is 15.7 Å². The number of aromatic nitrogens is 3. The van der Waals surface area contributed by atoms with E-state index in [-0.39, 0.29) is 0 Å². The summed E-state index contributed by atoms with van der Waals surface area (Å²) in [4.78, 5) is 28.9. The van der Waals surface area contributed by atoms with Gasteiger partial charge in [-0.3, -0.25) is 19.7 Å². The summed E-state index contributed by atoms with van der Waals surface area (Å²) in [6, 6.07) is 12.2. The third-order valence-electron chi connectivity index (χ3n) is 4.51. The second-order valence-corrected chi connectivity index (χ2v) is 6.25. The first kappa shape index (κ1) is 16.9. The topological polar surface area (TPSA) is 120 Å². The number of hydrogen-bond acceptors (Lipinski definition) is 5. The molecule has 8 heteroatoms. The molecule has 8 nitrogen and oxygen atoms in total.